The van der Waals surface area contributed by atoms with E-state index in [0.717, 1.165) is 13.1 Å². The molecule has 18 heavy (non-hydrogen) atoms. The van der Waals surface area contributed by atoms with Gasteiger partial charge in [-0.25, -0.2) is 0 Å². The van der Waals surface area contributed by atoms with Crippen LogP contribution < -0.4 is 15.4 Å². The number of nitrogens with one attached hydrogen (secondary N) is 2. The highest BCUT2D eigenvalue weighted by atomic mass is 16.5. The van der Waals surface area contributed by atoms with E-state index in [9.17, 15) is 9.90 Å². The Kier molecular flexibility index (Phi) is 3.72. The number of aromatic hydroxyl groups is 1. The summed E-state index contributed by atoms with van der Waals surface area (Å²) in [6.45, 7) is 3.74. The van der Waals surface area contributed by atoms with Crippen LogP contribution in [0.4, 0.5) is 0 Å². The predicted molar refractivity (Wildman–Crippen MR) is 67.9 cm³/mol. The van der Waals surface area contributed by atoms with Crippen molar-refractivity contribution >= 4 is 5.91 Å². The fourth-order valence-electron chi connectivity index (χ4n) is 2.12. The van der Waals surface area contributed by atoms with E-state index in [1.54, 1.807) is 18.2 Å². The van der Waals surface area contributed by atoms with Crippen molar-refractivity contribution < 1.29 is 14.6 Å². The van der Waals surface area contributed by atoms with Crippen LogP contribution in [0.2, 0.25) is 0 Å². The molecule has 1 aromatic carbocycles. The van der Waals surface area contributed by atoms with Gasteiger partial charge in [0.2, 0.25) is 0 Å². The van der Waals surface area contributed by atoms with Crippen molar-refractivity contribution in [3.05, 3.63) is 23.8 Å². The Hall–Kier alpha value is -1.75. The first kappa shape index (κ1) is 12.7. The Morgan fingerprint density at radius 2 is 2.28 bits per heavy atom. The van der Waals surface area contributed by atoms with Crippen LogP contribution in [0, 0.1) is 5.92 Å². The molecular weight excluding hydrogens is 232 g/mol. The summed E-state index contributed by atoms with van der Waals surface area (Å²) in [4.78, 5) is 12.1. The molecule has 0 saturated carbocycles. The number of phenolic OH excluding ortho intramolecular Hbond substituents is 1. The molecule has 3 N–H and O–H groups in total. The lowest BCUT2D eigenvalue weighted by Gasteiger charge is -2.17. The molecule has 2 unspecified atom stereocenters. The quantitative estimate of drug-likeness (QED) is 0.740. The Labute approximate surface area is 106 Å². The zero-order valence-corrected chi connectivity index (χ0v) is 10.6. The van der Waals surface area contributed by atoms with Crippen LogP contribution in [0.15, 0.2) is 18.2 Å². The van der Waals surface area contributed by atoms with Gasteiger partial charge in [0.1, 0.15) is 0 Å². The molecule has 2 atom stereocenters. The molecule has 2 rings (SSSR count). The molecule has 5 nitrogen and oxygen atoms in total. The maximum absolute atomic E-state index is 12.1. The molecule has 1 fully saturated rings. The number of ether oxygens (including phenoxy) is 1. The van der Waals surface area contributed by atoms with Gasteiger partial charge in [-0.05, 0) is 24.6 Å². The van der Waals surface area contributed by atoms with Gasteiger partial charge in [0.15, 0.2) is 11.5 Å². The third-order valence-electron chi connectivity index (χ3n) is 3.30. The minimum absolute atomic E-state index is 0.100. The van der Waals surface area contributed by atoms with Gasteiger partial charge in [-0.2, -0.15) is 0 Å². The van der Waals surface area contributed by atoms with Gasteiger partial charge in [0, 0.05) is 12.6 Å². The van der Waals surface area contributed by atoms with Crippen molar-refractivity contribution in [2.24, 2.45) is 5.92 Å². The number of carbonyl (C=O) groups excluding carboxylic acids is 1. The molecule has 0 aromatic heterocycles. The van der Waals surface area contributed by atoms with Crippen LogP contribution in [-0.4, -0.2) is 37.3 Å². The summed E-state index contributed by atoms with van der Waals surface area (Å²) in [5.74, 6) is 0.310. The van der Waals surface area contributed by atoms with Crippen molar-refractivity contribution in [2.75, 3.05) is 20.2 Å². The first-order chi connectivity index (χ1) is 8.63. The molecule has 0 radical (unpaired) electrons. The number of phenols is 1. The lowest BCUT2D eigenvalue weighted by molar-refractivity contribution is 0.0929. The van der Waals surface area contributed by atoms with Crippen LogP contribution in [0.5, 0.6) is 11.5 Å². The molecule has 5 heteroatoms. The lowest BCUT2D eigenvalue weighted by Crippen LogP contribution is -2.39. The van der Waals surface area contributed by atoms with Crippen molar-refractivity contribution in [3.8, 4) is 11.5 Å². The first-order valence-corrected chi connectivity index (χ1v) is 6.01. The SMILES string of the molecule is COc1cccc(C(=O)NC2CNCC2C)c1O. The fraction of sp³-hybridized carbons (Fsp3) is 0.462. The number of benzene rings is 1. The van der Waals surface area contributed by atoms with E-state index in [0.29, 0.717) is 11.7 Å². The van der Waals surface area contributed by atoms with Crippen molar-refractivity contribution in [2.45, 2.75) is 13.0 Å². The second-order valence-electron chi connectivity index (χ2n) is 4.57. The highest BCUT2D eigenvalue weighted by molar-refractivity contribution is 5.97. The molecule has 0 spiro atoms. The number of methoxy groups -OCH3 is 1. The summed E-state index contributed by atoms with van der Waals surface area (Å²) < 4.78 is 4.98. The van der Waals surface area contributed by atoms with Crippen LogP contribution in [0.1, 0.15) is 17.3 Å². The lowest BCUT2D eigenvalue weighted by atomic mass is 10.1. The van der Waals surface area contributed by atoms with Gasteiger partial charge in [0.05, 0.1) is 12.7 Å². The summed E-state index contributed by atoms with van der Waals surface area (Å²) in [6.07, 6.45) is 0. The standard InChI is InChI=1S/C13H18N2O3/c1-8-6-14-7-10(8)15-13(17)9-4-3-5-11(18-2)12(9)16/h3-5,8,10,14,16H,6-7H2,1-2H3,(H,15,17). The molecule has 1 aliphatic heterocycles. The van der Waals surface area contributed by atoms with Crippen molar-refractivity contribution in [1.82, 2.24) is 10.6 Å². The highest BCUT2D eigenvalue weighted by Crippen LogP contribution is 2.29. The Morgan fingerprint density at radius 3 is 2.89 bits per heavy atom. The van der Waals surface area contributed by atoms with Gasteiger partial charge in [0.25, 0.3) is 5.91 Å². The minimum Gasteiger partial charge on any atom is -0.504 e. The highest BCUT2D eigenvalue weighted by Gasteiger charge is 2.26. The zero-order valence-electron chi connectivity index (χ0n) is 10.6. The monoisotopic (exact) mass is 250 g/mol. The normalized spacial score (nSPS) is 22.8. The summed E-state index contributed by atoms with van der Waals surface area (Å²) in [7, 11) is 1.46. The fourth-order valence-corrected chi connectivity index (χ4v) is 2.12. The molecule has 0 aliphatic carbocycles. The number of rotatable bonds is 3. The summed E-state index contributed by atoms with van der Waals surface area (Å²) >= 11 is 0. The number of hydrogen-bond acceptors (Lipinski definition) is 4. The van der Waals surface area contributed by atoms with E-state index < -0.39 is 0 Å². The van der Waals surface area contributed by atoms with Gasteiger partial charge in [-0.15, -0.1) is 0 Å². The van der Waals surface area contributed by atoms with E-state index in [1.807, 2.05) is 0 Å². The van der Waals surface area contributed by atoms with Crippen LogP contribution in [-0.2, 0) is 0 Å². The Balaban J connectivity index is 2.13. The molecule has 1 amide bonds. The second kappa shape index (κ2) is 5.27. The van der Waals surface area contributed by atoms with Gasteiger partial charge in [-0.3, -0.25) is 4.79 Å². The number of hydrogen-bond donors (Lipinski definition) is 3. The smallest absolute Gasteiger partial charge is 0.255 e. The Bertz CT molecular complexity index is 448. The molecule has 1 saturated heterocycles. The topological polar surface area (TPSA) is 70.6 Å². The van der Waals surface area contributed by atoms with Crippen LogP contribution in [0.25, 0.3) is 0 Å². The van der Waals surface area contributed by atoms with Crippen molar-refractivity contribution in [3.63, 3.8) is 0 Å². The maximum atomic E-state index is 12.1. The van der Waals surface area contributed by atoms with E-state index in [2.05, 4.69) is 17.6 Å². The zero-order chi connectivity index (χ0) is 13.1. The summed E-state index contributed by atoms with van der Waals surface area (Å²) in [6, 6.07) is 4.98. The van der Waals surface area contributed by atoms with Gasteiger partial charge in [-0.1, -0.05) is 13.0 Å². The Morgan fingerprint density at radius 1 is 1.50 bits per heavy atom. The van der Waals surface area contributed by atoms with Crippen LogP contribution in [0.3, 0.4) is 0 Å². The molecule has 0 bridgehead atoms. The van der Waals surface area contributed by atoms with E-state index in [-0.39, 0.29) is 23.3 Å². The molecule has 98 valence electrons. The maximum Gasteiger partial charge on any atom is 0.255 e. The van der Waals surface area contributed by atoms with Crippen LogP contribution >= 0.6 is 0 Å². The number of carbonyl (C=O) groups is 1. The molecule has 1 aliphatic rings. The summed E-state index contributed by atoms with van der Waals surface area (Å²) in [5.41, 5.74) is 0.244. The molecular formula is C13H18N2O3. The number of para-hydroxylation sites is 1. The molecule has 1 heterocycles. The summed E-state index contributed by atoms with van der Waals surface area (Å²) in [5, 5.41) is 16.0. The van der Waals surface area contributed by atoms with E-state index in [4.69, 9.17) is 4.74 Å². The minimum atomic E-state index is -0.271. The average molecular weight is 250 g/mol. The van der Waals surface area contributed by atoms with E-state index in [1.165, 1.54) is 7.11 Å². The van der Waals surface area contributed by atoms with Gasteiger partial charge >= 0.3 is 0 Å². The third-order valence-corrected chi connectivity index (χ3v) is 3.30. The second-order valence-corrected chi connectivity index (χ2v) is 4.57. The molecule has 1 aromatic rings. The van der Waals surface area contributed by atoms with Crippen molar-refractivity contribution in [1.29, 1.82) is 0 Å². The third kappa shape index (κ3) is 2.41. The average Bonchev–Trinajstić information content (AvgIpc) is 2.75. The predicted octanol–water partition coefficient (Wildman–Crippen LogP) is 0.738. The largest absolute Gasteiger partial charge is 0.504 e. The first-order valence-electron chi connectivity index (χ1n) is 6.01. The number of amides is 1. The van der Waals surface area contributed by atoms with Gasteiger partial charge < -0.3 is 20.5 Å². The van der Waals surface area contributed by atoms with E-state index >= 15 is 0 Å².